The quantitative estimate of drug-likeness (QED) is 0.205. The zero-order valence-corrected chi connectivity index (χ0v) is 17.3. The minimum atomic E-state index is -2.89. The number of aromatic nitrogens is 2. The van der Waals surface area contributed by atoms with Gasteiger partial charge in [-0.15, -0.1) is 5.10 Å². The van der Waals surface area contributed by atoms with Gasteiger partial charge in [0.2, 0.25) is 5.96 Å². The van der Waals surface area contributed by atoms with Gasteiger partial charge in [-0.3, -0.25) is 15.6 Å². The normalized spacial score (nSPS) is 11.5. The number of carbonyl (C=O) groups is 1. The van der Waals surface area contributed by atoms with Gasteiger partial charge in [0.1, 0.15) is 23.1 Å². The Kier molecular flexibility index (Phi) is 7.71. The zero-order chi connectivity index (χ0) is 24.0. The number of nitrogens with zero attached hydrogens (tertiary/aromatic N) is 3. The number of hydrazine groups is 1. The number of carbonyl (C=O) groups excluding carboxylic acids is 1. The monoisotopic (exact) mass is 486 g/mol. The highest BCUT2D eigenvalue weighted by molar-refractivity contribution is 7.07. The molecule has 1 aromatic heterocycles. The van der Waals surface area contributed by atoms with E-state index in [4.69, 9.17) is 10.5 Å². The molecule has 0 aliphatic carbocycles. The summed E-state index contributed by atoms with van der Waals surface area (Å²) in [7, 11) is 0. The number of halogens is 5. The Balaban J connectivity index is 1.72. The molecule has 2 aromatic carbocycles. The van der Waals surface area contributed by atoms with E-state index in [0.717, 1.165) is 23.7 Å². The summed E-state index contributed by atoms with van der Waals surface area (Å²) in [6.45, 7) is -1.36. The summed E-state index contributed by atoms with van der Waals surface area (Å²) in [4.78, 5) is 15.9. The number of alkyl halides is 2. The minimum Gasteiger partial charge on any atom is -0.484 e. The number of hydrogen-bond donors (Lipinski definition) is 3. The average molecular weight is 486 g/mol. The van der Waals surface area contributed by atoms with Gasteiger partial charge in [-0.1, -0.05) is 16.6 Å². The van der Waals surface area contributed by atoms with Crippen molar-refractivity contribution in [3.8, 4) is 16.9 Å². The van der Waals surface area contributed by atoms with Gasteiger partial charge in [0.15, 0.2) is 11.6 Å². The van der Waals surface area contributed by atoms with Gasteiger partial charge < -0.3 is 10.5 Å². The number of nitrogens with one attached hydrogen (secondary N) is 2. The van der Waals surface area contributed by atoms with Gasteiger partial charge in [-0.2, -0.15) is 0 Å². The summed E-state index contributed by atoms with van der Waals surface area (Å²) in [5.74, 6) is -4.38. The molecular weight excluding hydrogens is 471 g/mol. The van der Waals surface area contributed by atoms with E-state index < -0.39 is 42.1 Å². The van der Waals surface area contributed by atoms with Crippen molar-refractivity contribution in [2.45, 2.75) is 13.0 Å². The molecule has 3 aromatic rings. The molecule has 0 spiro atoms. The topological polar surface area (TPSA) is 115 Å². The van der Waals surface area contributed by atoms with Crippen molar-refractivity contribution in [3.05, 3.63) is 64.4 Å². The predicted molar refractivity (Wildman–Crippen MR) is 109 cm³/mol. The van der Waals surface area contributed by atoms with Gasteiger partial charge in [-0.25, -0.2) is 26.9 Å². The third-order valence-corrected chi connectivity index (χ3v) is 4.70. The molecule has 33 heavy (non-hydrogen) atoms. The molecule has 0 atom stereocenters. The van der Waals surface area contributed by atoms with E-state index in [1.165, 1.54) is 18.3 Å². The number of ether oxygens (including phenoxy) is 1. The summed E-state index contributed by atoms with van der Waals surface area (Å²) in [5.41, 5.74) is 10.0. The molecule has 174 valence electrons. The van der Waals surface area contributed by atoms with Crippen molar-refractivity contribution in [1.82, 2.24) is 20.4 Å². The molecule has 4 N–H and O–H groups in total. The first-order chi connectivity index (χ1) is 15.7. The van der Waals surface area contributed by atoms with Gasteiger partial charge >= 0.3 is 0 Å². The number of nitrogens with two attached hydrogens (primary N) is 1. The van der Waals surface area contributed by atoms with Gasteiger partial charge in [0.25, 0.3) is 12.3 Å². The Hall–Kier alpha value is -3.81. The Morgan fingerprint density at radius 3 is 2.61 bits per heavy atom. The number of rotatable bonds is 7. The third-order valence-electron chi connectivity index (χ3n) is 4.04. The fraction of sp³-hybridized carbons (Fsp3) is 0.158. The van der Waals surface area contributed by atoms with Crippen molar-refractivity contribution in [2.24, 2.45) is 10.7 Å². The summed E-state index contributed by atoms with van der Waals surface area (Å²) in [5, 5.41) is 3.51. The molecule has 0 radical (unpaired) electrons. The highest BCUT2D eigenvalue weighted by Gasteiger charge is 2.18. The third kappa shape index (κ3) is 6.35. The standard InChI is InChI=1S/C19H15F5N6O2S/c20-11-4-12(17(14(22)5-11)32-8-16(23)24)9-1-2-10(13(21)3-9)6-26-19(25)29-28-18(31)15-7-27-30-33-15/h1-5,7,16H,6,8H2,(H,28,31)(H3,25,26,29). The second-order valence-electron chi connectivity index (χ2n) is 6.33. The molecular formula is C19H15F5N6O2S. The molecule has 1 amide bonds. The van der Waals surface area contributed by atoms with E-state index in [1.54, 1.807) is 0 Å². The number of guanidine groups is 1. The number of benzene rings is 2. The van der Waals surface area contributed by atoms with Crippen LogP contribution in [0, 0.1) is 17.5 Å². The maximum absolute atomic E-state index is 14.6. The van der Waals surface area contributed by atoms with Crippen LogP contribution in [0.1, 0.15) is 15.2 Å². The molecule has 0 saturated carbocycles. The van der Waals surface area contributed by atoms with Crippen molar-refractivity contribution in [3.63, 3.8) is 0 Å². The second-order valence-corrected chi connectivity index (χ2v) is 7.12. The summed E-state index contributed by atoms with van der Waals surface area (Å²) < 4.78 is 75.6. The van der Waals surface area contributed by atoms with Gasteiger partial charge in [0, 0.05) is 17.2 Å². The van der Waals surface area contributed by atoms with E-state index in [2.05, 4.69) is 25.4 Å². The van der Waals surface area contributed by atoms with Crippen LogP contribution < -0.4 is 21.3 Å². The lowest BCUT2D eigenvalue weighted by molar-refractivity contribution is 0.0801. The molecule has 0 saturated heterocycles. The largest absolute Gasteiger partial charge is 0.484 e. The Morgan fingerprint density at radius 2 is 1.94 bits per heavy atom. The summed E-state index contributed by atoms with van der Waals surface area (Å²) in [6, 6.07) is 4.88. The van der Waals surface area contributed by atoms with Crippen LogP contribution in [0.3, 0.4) is 0 Å². The molecule has 0 aliphatic heterocycles. The lowest BCUT2D eigenvalue weighted by Gasteiger charge is -2.13. The van der Waals surface area contributed by atoms with E-state index >= 15 is 0 Å². The maximum atomic E-state index is 14.6. The van der Waals surface area contributed by atoms with Crippen LogP contribution >= 0.6 is 11.5 Å². The number of amides is 1. The first-order valence-electron chi connectivity index (χ1n) is 9.07. The molecule has 0 aliphatic rings. The van der Waals surface area contributed by atoms with E-state index in [9.17, 15) is 26.7 Å². The molecule has 1 heterocycles. The first kappa shape index (κ1) is 23.8. The number of aliphatic imine (C=N–C) groups is 1. The van der Waals surface area contributed by atoms with Crippen molar-refractivity contribution < 1.29 is 31.5 Å². The highest BCUT2D eigenvalue weighted by atomic mass is 32.1. The molecule has 0 unspecified atom stereocenters. The van der Waals surface area contributed by atoms with E-state index in [1.807, 2.05) is 0 Å². The van der Waals surface area contributed by atoms with Crippen LogP contribution in [-0.2, 0) is 6.54 Å². The molecule has 0 fully saturated rings. The molecule has 8 nitrogen and oxygen atoms in total. The lowest BCUT2D eigenvalue weighted by Crippen LogP contribution is -2.45. The van der Waals surface area contributed by atoms with Gasteiger partial charge in [-0.05, 0) is 29.2 Å². The Morgan fingerprint density at radius 1 is 1.15 bits per heavy atom. The lowest BCUT2D eigenvalue weighted by atomic mass is 10.0. The maximum Gasteiger partial charge on any atom is 0.283 e. The first-order valence-corrected chi connectivity index (χ1v) is 9.84. The highest BCUT2D eigenvalue weighted by Crippen LogP contribution is 2.34. The second kappa shape index (κ2) is 10.7. The Bertz CT molecular complexity index is 1160. The fourth-order valence-electron chi connectivity index (χ4n) is 2.57. The van der Waals surface area contributed by atoms with Crippen LogP contribution in [-0.4, -0.2) is 34.5 Å². The van der Waals surface area contributed by atoms with Crippen LogP contribution in [0.2, 0.25) is 0 Å². The van der Waals surface area contributed by atoms with Crippen LogP contribution in [0.25, 0.3) is 11.1 Å². The fourth-order valence-corrected chi connectivity index (χ4v) is 2.98. The molecule has 14 heteroatoms. The van der Waals surface area contributed by atoms with Crippen molar-refractivity contribution >= 4 is 23.4 Å². The summed E-state index contributed by atoms with van der Waals surface area (Å²) >= 11 is 0.865. The van der Waals surface area contributed by atoms with Crippen molar-refractivity contribution in [2.75, 3.05) is 6.61 Å². The number of hydrogen-bond acceptors (Lipinski definition) is 6. The molecule has 0 bridgehead atoms. The average Bonchev–Trinajstić information content (AvgIpc) is 3.30. The SMILES string of the molecule is NC(=NCc1ccc(-c2cc(F)cc(F)c2OCC(F)F)cc1F)NNC(=O)c1cnns1. The van der Waals surface area contributed by atoms with Gasteiger partial charge in [0.05, 0.1) is 12.7 Å². The van der Waals surface area contributed by atoms with Crippen molar-refractivity contribution in [1.29, 1.82) is 0 Å². The van der Waals surface area contributed by atoms with E-state index in [0.29, 0.717) is 6.07 Å². The minimum absolute atomic E-state index is 0.000534. The Labute approximate surface area is 187 Å². The van der Waals surface area contributed by atoms with Crippen LogP contribution in [0.4, 0.5) is 22.0 Å². The van der Waals surface area contributed by atoms with E-state index in [-0.39, 0.29) is 34.1 Å². The van der Waals surface area contributed by atoms with Crippen LogP contribution in [0.15, 0.2) is 41.5 Å². The predicted octanol–water partition coefficient (Wildman–Crippen LogP) is 3.02. The smallest absolute Gasteiger partial charge is 0.283 e. The molecule has 3 rings (SSSR count). The zero-order valence-electron chi connectivity index (χ0n) is 16.5. The summed E-state index contributed by atoms with van der Waals surface area (Å²) in [6.07, 6.45) is -1.64. The van der Waals surface area contributed by atoms with Crippen LogP contribution in [0.5, 0.6) is 5.75 Å².